The average molecular weight is 441 g/mol. The number of ether oxygens (including phenoxy) is 1. The molecule has 0 bridgehead atoms. The van der Waals surface area contributed by atoms with Gasteiger partial charge < -0.3 is 9.72 Å². The minimum atomic E-state index is -0.314. The summed E-state index contributed by atoms with van der Waals surface area (Å²) in [6.45, 7) is 10.4. The molecule has 3 N–H and O–H groups in total. The number of aromatic amines is 1. The van der Waals surface area contributed by atoms with Gasteiger partial charge in [0.05, 0.1) is 29.6 Å². The minimum Gasteiger partial charge on any atom is -0.489 e. The normalized spacial score (nSPS) is 11.6. The van der Waals surface area contributed by atoms with Crippen molar-refractivity contribution in [3.63, 3.8) is 0 Å². The Bertz CT molecular complexity index is 1050. The smallest absolute Gasteiger partial charge is 0.268 e. The van der Waals surface area contributed by atoms with Gasteiger partial charge in [-0.2, -0.15) is 0 Å². The zero-order valence-corrected chi connectivity index (χ0v) is 19.3. The Morgan fingerprint density at radius 2 is 1.87 bits per heavy atom. The molecule has 31 heavy (non-hydrogen) atoms. The van der Waals surface area contributed by atoms with Gasteiger partial charge in [0, 0.05) is 11.0 Å². The van der Waals surface area contributed by atoms with E-state index in [0.29, 0.717) is 16.3 Å². The SMILES string of the molecule is CC(C)Oc1ccc(C(=O)N(N)Cc2ccc(-c3cnc(C(C)(C)C)[nH]3)cc2)cc1Cl. The molecule has 3 aromatic rings. The lowest BCUT2D eigenvalue weighted by Gasteiger charge is -2.18. The van der Waals surface area contributed by atoms with Crippen LogP contribution in [-0.2, 0) is 12.0 Å². The van der Waals surface area contributed by atoms with Crippen LogP contribution in [0.2, 0.25) is 5.02 Å². The largest absolute Gasteiger partial charge is 0.489 e. The molecule has 164 valence electrons. The molecule has 0 spiro atoms. The van der Waals surface area contributed by atoms with E-state index in [-0.39, 0.29) is 24.0 Å². The summed E-state index contributed by atoms with van der Waals surface area (Å²) in [5.41, 5.74) is 3.26. The van der Waals surface area contributed by atoms with E-state index in [1.54, 1.807) is 18.2 Å². The number of nitrogens with zero attached hydrogens (tertiary/aromatic N) is 2. The number of hydrazine groups is 1. The Hall–Kier alpha value is -2.83. The van der Waals surface area contributed by atoms with Crippen LogP contribution < -0.4 is 10.6 Å². The number of nitrogens with two attached hydrogens (primary N) is 1. The standard InChI is InChI=1S/C24H29ClN4O2/c1-15(2)31-21-11-10-18(12-19(21)25)22(30)29(26)14-16-6-8-17(9-7-16)20-13-27-23(28-20)24(3,4)5/h6-13,15H,14,26H2,1-5H3,(H,27,28). The summed E-state index contributed by atoms with van der Waals surface area (Å²) in [5, 5.41) is 1.56. The van der Waals surface area contributed by atoms with Crippen LogP contribution in [0.5, 0.6) is 5.75 Å². The number of rotatable bonds is 6. The van der Waals surface area contributed by atoms with Gasteiger partial charge in [-0.1, -0.05) is 56.6 Å². The van der Waals surface area contributed by atoms with Gasteiger partial charge in [-0.15, -0.1) is 0 Å². The molecule has 0 radical (unpaired) electrons. The fraction of sp³-hybridized carbons (Fsp3) is 0.333. The Labute approximate surface area is 188 Å². The lowest BCUT2D eigenvalue weighted by molar-refractivity contribution is 0.0743. The van der Waals surface area contributed by atoms with Gasteiger partial charge >= 0.3 is 0 Å². The number of halogens is 1. The van der Waals surface area contributed by atoms with Crippen LogP contribution in [0.4, 0.5) is 0 Å². The number of H-pyrrole nitrogens is 1. The van der Waals surface area contributed by atoms with Gasteiger partial charge in [0.2, 0.25) is 0 Å². The second kappa shape index (κ2) is 9.12. The highest BCUT2D eigenvalue weighted by Gasteiger charge is 2.18. The molecular formula is C24H29ClN4O2. The molecule has 2 aromatic carbocycles. The van der Waals surface area contributed by atoms with Crippen LogP contribution in [0.1, 0.15) is 56.4 Å². The second-order valence-electron chi connectivity index (χ2n) is 8.84. The zero-order chi connectivity index (χ0) is 22.8. The van der Waals surface area contributed by atoms with Crippen molar-refractivity contribution in [2.24, 2.45) is 5.84 Å². The summed E-state index contributed by atoms with van der Waals surface area (Å²) in [7, 11) is 0. The molecule has 0 aliphatic carbocycles. The molecule has 6 nitrogen and oxygen atoms in total. The lowest BCUT2D eigenvalue weighted by atomic mass is 9.96. The molecule has 0 atom stereocenters. The van der Waals surface area contributed by atoms with Gasteiger partial charge in [-0.25, -0.2) is 10.8 Å². The first-order valence-electron chi connectivity index (χ1n) is 10.2. The van der Waals surface area contributed by atoms with Crippen LogP contribution in [0.15, 0.2) is 48.7 Å². The molecule has 1 aromatic heterocycles. The number of hydrogen-bond acceptors (Lipinski definition) is 4. The number of carbonyl (C=O) groups is 1. The molecule has 1 heterocycles. The maximum atomic E-state index is 12.7. The summed E-state index contributed by atoms with van der Waals surface area (Å²) in [4.78, 5) is 20.5. The van der Waals surface area contributed by atoms with E-state index >= 15 is 0 Å². The van der Waals surface area contributed by atoms with E-state index in [1.165, 1.54) is 5.01 Å². The Balaban J connectivity index is 1.67. The summed E-state index contributed by atoms with van der Waals surface area (Å²) >= 11 is 6.24. The minimum absolute atomic E-state index is 0.00478. The highest BCUT2D eigenvalue weighted by Crippen LogP contribution is 2.27. The molecule has 0 saturated heterocycles. The van der Waals surface area contributed by atoms with E-state index in [0.717, 1.165) is 22.6 Å². The molecule has 1 amide bonds. The zero-order valence-electron chi connectivity index (χ0n) is 18.6. The second-order valence-corrected chi connectivity index (χ2v) is 9.24. The number of hydrogen-bond donors (Lipinski definition) is 2. The van der Waals surface area contributed by atoms with Crippen molar-refractivity contribution in [1.29, 1.82) is 0 Å². The quantitative estimate of drug-likeness (QED) is 0.308. The van der Waals surface area contributed by atoms with Crippen LogP contribution in [0, 0.1) is 0 Å². The predicted octanol–water partition coefficient (Wildman–Crippen LogP) is 5.33. The molecule has 0 unspecified atom stereocenters. The summed E-state index contributed by atoms with van der Waals surface area (Å²) in [6, 6.07) is 12.8. The Kier molecular flexibility index (Phi) is 6.72. The van der Waals surface area contributed by atoms with Gasteiger partial charge in [-0.05, 0) is 43.2 Å². The van der Waals surface area contributed by atoms with Gasteiger partial charge in [0.25, 0.3) is 5.91 Å². The van der Waals surface area contributed by atoms with Crippen LogP contribution >= 0.6 is 11.6 Å². The van der Waals surface area contributed by atoms with E-state index < -0.39 is 0 Å². The maximum absolute atomic E-state index is 12.7. The first kappa shape index (κ1) is 22.8. The number of imidazole rings is 1. The molecule has 7 heteroatoms. The number of nitrogens with one attached hydrogen (secondary N) is 1. The third kappa shape index (κ3) is 5.66. The Morgan fingerprint density at radius 3 is 2.42 bits per heavy atom. The summed E-state index contributed by atoms with van der Waals surface area (Å²) in [6.07, 6.45) is 1.83. The predicted molar refractivity (Wildman–Crippen MR) is 124 cm³/mol. The molecule has 3 rings (SSSR count). The highest BCUT2D eigenvalue weighted by molar-refractivity contribution is 6.32. The number of aromatic nitrogens is 2. The van der Waals surface area contributed by atoms with E-state index in [4.69, 9.17) is 22.2 Å². The van der Waals surface area contributed by atoms with Gasteiger partial charge in [0.1, 0.15) is 11.6 Å². The van der Waals surface area contributed by atoms with E-state index in [2.05, 4.69) is 30.7 Å². The van der Waals surface area contributed by atoms with E-state index in [1.807, 2.05) is 44.3 Å². The average Bonchev–Trinajstić information content (AvgIpc) is 3.20. The summed E-state index contributed by atoms with van der Waals surface area (Å²) in [5.74, 6) is 7.21. The van der Waals surface area contributed by atoms with Gasteiger partial charge in [-0.3, -0.25) is 9.80 Å². The fourth-order valence-electron chi connectivity index (χ4n) is 3.06. The van der Waals surface area contributed by atoms with Crippen molar-refractivity contribution in [2.45, 2.75) is 52.7 Å². The first-order valence-corrected chi connectivity index (χ1v) is 10.6. The van der Waals surface area contributed by atoms with Crippen molar-refractivity contribution in [3.8, 4) is 17.0 Å². The molecule has 0 aliphatic rings. The van der Waals surface area contributed by atoms with Gasteiger partial charge in [0.15, 0.2) is 0 Å². The number of amides is 1. The van der Waals surface area contributed by atoms with Crippen molar-refractivity contribution < 1.29 is 9.53 Å². The maximum Gasteiger partial charge on any atom is 0.268 e. The first-order chi connectivity index (χ1) is 14.5. The highest BCUT2D eigenvalue weighted by atomic mass is 35.5. The third-order valence-corrected chi connectivity index (χ3v) is 5.00. The van der Waals surface area contributed by atoms with E-state index in [9.17, 15) is 4.79 Å². The van der Waals surface area contributed by atoms with Crippen molar-refractivity contribution >= 4 is 17.5 Å². The Morgan fingerprint density at radius 1 is 1.19 bits per heavy atom. The lowest BCUT2D eigenvalue weighted by Crippen LogP contribution is -2.36. The number of benzene rings is 2. The van der Waals surface area contributed by atoms with Crippen LogP contribution in [-0.4, -0.2) is 27.0 Å². The third-order valence-electron chi connectivity index (χ3n) is 4.71. The van der Waals surface area contributed by atoms with Crippen LogP contribution in [0.25, 0.3) is 11.3 Å². The van der Waals surface area contributed by atoms with Crippen molar-refractivity contribution in [3.05, 3.63) is 70.6 Å². The topological polar surface area (TPSA) is 84.2 Å². The van der Waals surface area contributed by atoms with Crippen molar-refractivity contribution in [1.82, 2.24) is 15.0 Å². The van der Waals surface area contributed by atoms with Crippen molar-refractivity contribution in [2.75, 3.05) is 0 Å². The fourth-order valence-corrected chi connectivity index (χ4v) is 3.28. The number of carbonyl (C=O) groups excluding carboxylic acids is 1. The van der Waals surface area contributed by atoms with Crippen LogP contribution in [0.3, 0.4) is 0 Å². The molecular weight excluding hydrogens is 412 g/mol. The molecule has 0 aliphatic heterocycles. The molecule has 0 saturated carbocycles. The summed E-state index contributed by atoms with van der Waals surface area (Å²) < 4.78 is 5.61. The molecule has 0 fully saturated rings. The monoisotopic (exact) mass is 440 g/mol.